The molecular weight excluding hydrogens is 240 g/mol. The SMILES string of the molecule is CN(C)c1cccc(C(=O)N[C@H]2C[C@@H]3OCC[C@H]23)c1. The fourth-order valence-electron chi connectivity index (χ4n) is 2.94. The van der Waals surface area contributed by atoms with Gasteiger partial charge in [0.05, 0.1) is 6.10 Å². The largest absolute Gasteiger partial charge is 0.378 e. The summed E-state index contributed by atoms with van der Waals surface area (Å²) in [5, 5.41) is 3.13. The normalized spacial score (nSPS) is 28.4. The minimum absolute atomic E-state index is 0.0269. The molecule has 1 N–H and O–H groups in total. The molecule has 102 valence electrons. The number of fused-ring (bicyclic) bond motifs is 1. The maximum atomic E-state index is 12.2. The molecule has 4 heteroatoms. The Balaban J connectivity index is 1.65. The van der Waals surface area contributed by atoms with Crippen LogP contribution >= 0.6 is 0 Å². The number of benzene rings is 1. The number of hydrogen-bond donors (Lipinski definition) is 1. The van der Waals surface area contributed by atoms with Crippen molar-refractivity contribution in [2.45, 2.75) is 25.0 Å². The lowest BCUT2D eigenvalue weighted by atomic mass is 9.76. The van der Waals surface area contributed by atoms with Gasteiger partial charge in [0.25, 0.3) is 5.91 Å². The van der Waals surface area contributed by atoms with Gasteiger partial charge >= 0.3 is 0 Å². The van der Waals surface area contributed by atoms with Crippen LogP contribution in [0.5, 0.6) is 0 Å². The summed E-state index contributed by atoms with van der Waals surface area (Å²) in [6, 6.07) is 8.01. The first-order valence-electron chi connectivity index (χ1n) is 6.85. The van der Waals surface area contributed by atoms with E-state index in [4.69, 9.17) is 4.74 Å². The lowest BCUT2D eigenvalue weighted by Gasteiger charge is -2.39. The molecule has 3 rings (SSSR count). The zero-order chi connectivity index (χ0) is 13.4. The van der Waals surface area contributed by atoms with E-state index in [1.165, 1.54) is 0 Å². The fourth-order valence-corrected chi connectivity index (χ4v) is 2.94. The van der Waals surface area contributed by atoms with Crippen LogP contribution < -0.4 is 10.2 Å². The van der Waals surface area contributed by atoms with Crippen molar-refractivity contribution in [1.29, 1.82) is 0 Å². The third-order valence-corrected chi connectivity index (χ3v) is 4.20. The first-order valence-corrected chi connectivity index (χ1v) is 6.85. The van der Waals surface area contributed by atoms with Gasteiger partial charge in [-0.25, -0.2) is 0 Å². The maximum Gasteiger partial charge on any atom is 0.251 e. The van der Waals surface area contributed by atoms with Crippen LogP contribution in [0.2, 0.25) is 0 Å². The summed E-state index contributed by atoms with van der Waals surface area (Å²) < 4.78 is 5.56. The molecule has 19 heavy (non-hydrogen) atoms. The molecule has 4 nitrogen and oxygen atoms in total. The topological polar surface area (TPSA) is 41.6 Å². The molecule has 0 unspecified atom stereocenters. The van der Waals surface area contributed by atoms with Crippen molar-refractivity contribution in [3.05, 3.63) is 29.8 Å². The van der Waals surface area contributed by atoms with Gasteiger partial charge in [-0.15, -0.1) is 0 Å². The second-order valence-electron chi connectivity index (χ2n) is 5.62. The highest BCUT2D eigenvalue weighted by Gasteiger charge is 2.45. The predicted molar refractivity (Wildman–Crippen MR) is 74.5 cm³/mol. The van der Waals surface area contributed by atoms with Crippen molar-refractivity contribution in [3.8, 4) is 0 Å². The van der Waals surface area contributed by atoms with Crippen molar-refractivity contribution in [2.24, 2.45) is 5.92 Å². The molecule has 1 aromatic rings. The Hall–Kier alpha value is -1.55. The van der Waals surface area contributed by atoms with Crippen LogP contribution in [0.1, 0.15) is 23.2 Å². The summed E-state index contributed by atoms with van der Waals surface area (Å²) in [4.78, 5) is 14.2. The summed E-state index contributed by atoms with van der Waals surface area (Å²) in [5.41, 5.74) is 1.77. The zero-order valence-corrected chi connectivity index (χ0v) is 11.4. The van der Waals surface area contributed by atoms with E-state index in [0.717, 1.165) is 30.7 Å². The van der Waals surface area contributed by atoms with E-state index in [2.05, 4.69) is 5.32 Å². The Kier molecular flexibility index (Phi) is 3.19. The maximum absolute atomic E-state index is 12.2. The summed E-state index contributed by atoms with van der Waals surface area (Å²) in [6.45, 7) is 0.845. The molecule has 1 saturated carbocycles. The number of ether oxygens (including phenoxy) is 1. The fraction of sp³-hybridized carbons (Fsp3) is 0.533. The molecule has 3 atom stereocenters. The molecule has 1 aliphatic carbocycles. The molecule has 2 fully saturated rings. The minimum atomic E-state index is 0.0269. The van der Waals surface area contributed by atoms with Crippen molar-refractivity contribution in [3.63, 3.8) is 0 Å². The summed E-state index contributed by atoms with van der Waals surface area (Å²) in [6.07, 6.45) is 2.43. The Morgan fingerprint density at radius 2 is 2.26 bits per heavy atom. The van der Waals surface area contributed by atoms with E-state index in [-0.39, 0.29) is 5.91 Å². The third-order valence-electron chi connectivity index (χ3n) is 4.20. The molecule has 1 saturated heterocycles. The number of rotatable bonds is 3. The monoisotopic (exact) mass is 260 g/mol. The van der Waals surface area contributed by atoms with E-state index in [0.29, 0.717) is 18.1 Å². The number of carbonyl (C=O) groups is 1. The van der Waals surface area contributed by atoms with Crippen LogP contribution in [0.3, 0.4) is 0 Å². The number of nitrogens with one attached hydrogen (secondary N) is 1. The van der Waals surface area contributed by atoms with Crippen molar-refractivity contribution in [1.82, 2.24) is 5.32 Å². The third kappa shape index (κ3) is 2.32. The number of amides is 1. The first-order chi connectivity index (χ1) is 9.15. The van der Waals surface area contributed by atoms with Crippen LogP contribution in [-0.4, -0.2) is 38.8 Å². The van der Waals surface area contributed by atoms with Crippen LogP contribution in [0, 0.1) is 5.92 Å². The van der Waals surface area contributed by atoms with Gasteiger partial charge in [-0.3, -0.25) is 4.79 Å². The van der Waals surface area contributed by atoms with E-state index < -0.39 is 0 Å². The standard InChI is InChI=1S/C15H20N2O2/c1-17(2)11-5-3-4-10(8-11)15(18)16-13-9-14-12(13)6-7-19-14/h3-5,8,12-14H,6-7,9H2,1-2H3,(H,16,18)/t12-,13+,14+/m1/s1. The van der Waals surface area contributed by atoms with Gasteiger partial charge in [-0.2, -0.15) is 0 Å². The highest BCUT2D eigenvalue weighted by Crippen LogP contribution is 2.38. The van der Waals surface area contributed by atoms with Gasteiger partial charge in [0, 0.05) is 43.9 Å². The minimum Gasteiger partial charge on any atom is -0.378 e. The average molecular weight is 260 g/mol. The zero-order valence-electron chi connectivity index (χ0n) is 11.4. The van der Waals surface area contributed by atoms with Gasteiger partial charge in [-0.1, -0.05) is 6.07 Å². The number of carbonyl (C=O) groups excluding carboxylic acids is 1. The molecule has 1 amide bonds. The van der Waals surface area contributed by atoms with Crippen LogP contribution in [0.25, 0.3) is 0 Å². The van der Waals surface area contributed by atoms with Gasteiger partial charge in [0.1, 0.15) is 0 Å². The quantitative estimate of drug-likeness (QED) is 0.898. The van der Waals surface area contributed by atoms with E-state index in [9.17, 15) is 4.79 Å². The molecule has 1 heterocycles. The van der Waals surface area contributed by atoms with E-state index in [1.807, 2.05) is 43.3 Å². The van der Waals surface area contributed by atoms with Crippen LogP contribution in [-0.2, 0) is 4.74 Å². The Morgan fingerprint density at radius 3 is 3.00 bits per heavy atom. The molecule has 0 aromatic heterocycles. The van der Waals surface area contributed by atoms with Crippen molar-refractivity contribution in [2.75, 3.05) is 25.6 Å². The molecule has 1 aliphatic heterocycles. The van der Waals surface area contributed by atoms with Crippen molar-refractivity contribution >= 4 is 11.6 Å². The number of nitrogens with zero attached hydrogens (tertiary/aromatic N) is 1. The van der Waals surface area contributed by atoms with E-state index in [1.54, 1.807) is 0 Å². The predicted octanol–water partition coefficient (Wildman–Crippen LogP) is 1.66. The van der Waals surface area contributed by atoms with Gasteiger partial charge < -0.3 is 15.0 Å². The summed E-state index contributed by atoms with van der Waals surface area (Å²) in [7, 11) is 3.95. The summed E-state index contributed by atoms with van der Waals surface area (Å²) >= 11 is 0. The highest BCUT2D eigenvalue weighted by molar-refractivity contribution is 5.95. The number of hydrogen-bond acceptors (Lipinski definition) is 3. The molecule has 0 spiro atoms. The van der Waals surface area contributed by atoms with Gasteiger partial charge in [0.2, 0.25) is 0 Å². The van der Waals surface area contributed by atoms with E-state index >= 15 is 0 Å². The lowest BCUT2D eigenvalue weighted by Crippen LogP contribution is -2.53. The molecular formula is C15H20N2O2. The number of anilines is 1. The van der Waals surface area contributed by atoms with Crippen LogP contribution in [0.4, 0.5) is 5.69 Å². The Labute approximate surface area is 113 Å². The molecule has 0 radical (unpaired) electrons. The van der Waals surface area contributed by atoms with Gasteiger partial charge in [-0.05, 0) is 31.0 Å². The lowest BCUT2D eigenvalue weighted by molar-refractivity contribution is 0.00810. The molecule has 0 bridgehead atoms. The molecule has 1 aromatic carbocycles. The second kappa shape index (κ2) is 4.85. The summed E-state index contributed by atoms with van der Waals surface area (Å²) in [5.74, 6) is 0.556. The Morgan fingerprint density at radius 1 is 1.42 bits per heavy atom. The van der Waals surface area contributed by atoms with Gasteiger partial charge in [0.15, 0.2) is 0 Å². The van der Waals surface area contributed by atoms with Crippen LogP contribution in [0.15, 0.2) is 24.3 Å². The van der Waals surface area contributed by atoms with Crippen molar-refractivity contribution < 1.29 is 9.53 Å². The molecule has 2 aliphatic rings. The first kappa shape index (κ1) is 12.5. The Bertz CT molecular complexity index is 487. The second-order valence-corrected chi connectivity index (χ2v) is 5.62. The highest BCUT2D eigenvalue weighted by atomic mass is 16.5. The smallest absolute Gasteiger partial charge is 0.251 e. The average Bonchev–Trinajstić information content (AvgIpc) is 2.77.